The van der Waals surface area contributed by atoms with E-state index >= 15 is 0 Å². The van der Waals surface area contributed by atoms with E-state index in [1.165, 1.54) is 48.6 Å². The summed E-state index contributed by atoms with van der Waals surface area (Å²) in [7, 11) is 4.41. The SMILES string of the molecule is CN1CCC2(C1)CN(c1nc(N)ncc1Cl)c1cc(Br)ccc12.CN1CCC2(CCc3cc(Br)ccc32)C1.Nc1ncc(Cl)c(Cl)n1. The zero-order valence-corrected chi connectivity index (χ0v) is 31.6. The minimum atomic E-state index is 0.119. The summed E-state index contributed by atoms with van der Waals surface area (Å²) >= 11 is 24.4. The zero-order chi connectivity index (χ0) is 33.5. The van der Waals surface area contributed by atoms with E-state index in [2.05, 4.69) is 117 Å². The Kier molecular flexibility index (Phi) is 10.3. The molecule has 2 spiro atoms. The van der Waals surface area contributed by atoms with Crippen molar-refractivity contribution in [2.75, 3.05) is 63.2 Å². The molecule has 4 N–H and O–H groups in total. The van der Waals surface area contributed by atoms with Gasteiger partial charge in [0.15, 0.2) is 11.0 Å². The summed E-state index contributed by atoms with van der Waals surface area (Å²) in [6.07, 6.45) is 8.02. The maximum Gasteiger partial charge on any atom is 0.222 e. The van der Waals surface area contributed by atoms with Crippen molar-refractivity contribution in [3.8, 4) is 0 Å². The van der Waals surface area contributed by atoms with Crippen molar-refractivity contribution in [1.82, 2.24) is 29.7 Å². The van der Waals surface area contributed by atoms with Gasteiger partial charge in [-0.2, -0.15) is 9.97 Å². The van der Waals surface area contributed by atoms with Crippen molar-refractivity contribution in [2.45, 2.75) is 36.5 Å². The molecular formula is C33H36Br2Cl3N9. The van der Waals surface area contributed by atoms with E-state index in [-0.39, 0.29) is 22.5 Å². The van der Waals surface area contributed by atoms with E-state index < -0.39 is 0 Å². The van der Waals surface area contributed by atoms with Gasteiger partial charge < -0.3 is 26.2 Å². The van der Waals surface area contributed by atoms with Crippen LogP contribution in [0.2, 0.25) is 15.2 Å². The number of aryl methyl sites for hydroxylation is 1. The van der Waals surface area contributed by atoms with Gasteiger partial charge in [-0.25, -0.2) is 9.97 Å². The molecular weight excluding hydrogens is 789 g/mol. The van der Waals surface area contributed by atoms with Crippen LogP contribution in [-0.4, -0.2) is 76.6 Å². The number of nitrogens with two attached hydrogens (primary N) is 2. The molecule has 8 rings (SSSR count). The Labute approximate surface area is 307 Å². The van der Waals surface area contributed by atoms with Gasteiger partial charge in [0.2, 0.25) is 11.9 Å². The standard InChI is InChI=1S/C16H17BrClN5.C13H16BrN.C4H3Cl2N3/c1-22-5-4-16(8-22)9-23(13-6-10(17)2-3-11(13)16)14-12(18)7-20-15(19)21-14;1-15-7-6-13(9-15)5-4-10-8-11(14)2-3-12(10)13;5-2-1-8-4(7)9-3(2)6/h2-3,6-7H,4-5,8-9H2,1H3,(H2,19,20,21);2-3,8H,4-7,9H2,1H3;1H,(H2,7,8,9). The molecule has 0 saturated carbocycles. The van der Waals surface area contributed by atoms with Crippen molar-refractivity contribution in [2.24, 2.45) is 0 Å². The molecule has 2 saturated heterocycles. The Hall–Kier alpha value is -2.25. The summed E-state index contributed by atoms with van der Waals surface area (Å²) in [5, 5.41) is 1.02. The van der Waals surface area contributed by atoms with Gasteiger partial charge in [-0.3, -0.25) is 0 Å². The molecule has 2 atom stereocenters. The monoisotopic (exact) mass is 821 g/mol. The maximum atomic E-state index is 6.36. The van der Waals surface area contributed by atoms with Crippen LogP contribution in [0.1, 0.15) is 36.0 Å². The maximum absolute atomic E-state index is 6.36. The Morgan fingerprint density at radius 3 is 1.94 bits per heavy atom. The second-order valence-corrected chi connectivity index (χ2v) is 15.9. The quantitative estimate of drug-likeness (QED) is 0.188. The number of hydrogen-bond acceptors (Lipinski definition) is 9. The van der Waals surface area contributed by atoms with E-state index in [1.54, 1.807) is 17.3 Å². The van der Waals surface area contributed by atoms with Gasteiger partial charge in [0.05, 0.1) is 17.4 Å². The Morgan fingerprint density at radius 2 is 1.32 bits per heavy atom. The highest BCUT2D eigenvalue weighted by atomic mass is 79.9. The van der Waals surface area contributed by atoms with E-state index in [0.717, 1.165) is 36.2 Å². The highest BCUT2D eigenvalue weighted by molar-refractivity contribution is 9.10. The average Bonchev–Trinajstić information content (AvgIpc) is 3.78. The van der Waals surface area contributed by atoms with E-state index in [1.807, 2.05) is 0 Å². The molecule has 5 heterocycles. The third kappa shape index (κ3) is 7.22. The van der Waals surface area contributed by atoms with Gasteiger partial charge >= 0.3 is 0 Å². The van der Waals surface area contributed by atoms with Crippen LogP contribution in [0.3, 0.4) is 0 Å². The normalized spacial score (nSPS) is 23.0. The fraction of sp³-hybridized carbons (Fsp3) is 0.394. The van der Waals surface area contributed by atoms with E-state index in [0.29, 0.717) is 21.3 Å². The lowest BCUT2D eigenvalue weighted by Crippen LogP contribution is -2.34. The number of fused-ring (bicyclic) bond motifs is 4. The van der Waals surface area contributed by atoms with Crippen LogP contribution < -0.4 is 16.4 Å². The second kappa shape index (κ2) is 13.9. The van der Waals surface area contributed by atoms with Crippen LogP contribution >= 0.6 is 66.7 Å². The summed E-state index contributed by atoms with van der Waals surface area (Å²) < 4.78 is 2.27. The summed E-state index contributed by atoms with van der Waals surface area (Å²) in [5.41, 5.74) is 17.3. The van der Waals surface area contributed by atoms with Crippen LogP contribution in [0.5, 0.6) is 0 Å². The third-order valence-electron chi connectivity index (χ3n) is 9.60. The van der Waals surface area contributed by atoms with Gasteiger partial charge in [-0.05, 0) is 93.8 Å². The van der Waals surface area contributed by atoms with Crippen molar-refractivity contribution in [3.63, 3.8) is 0 Å². The second-order valence-electron chi connectivity index (χ2n) is 12.9. The van der Waals surface area contributed by atoms with Crippen molar-refractivity contribution in [1.29, 1.82) is 0 Å². The number of aromatic nitrogens is 4. The third-order valence-corrected chi connectivity index (χ3v) is 11.5. The minimum Gasteiger partial charge on any atom is -0.368 e. The number of anilines is 4. The van der Waals surface area contributed by atoms with Gasteiger partial charge in [0, 0.05) is 45.1 Å². The Morgan fingerprint density at radius 1 is 0.723 bits per heavy atom. The number of nitrogen functional groups attached to an aromatic ring is 2. The van der Waals surface area contributed by atoms with Crippen LogP contribution in [-0.2, 0) is 17.3 Å². The largest absolute Gasteiger partial charge is 0.368 e. The predicted octanol–water partition coefficient (Wildman–Crippen LogP) is 7.53. The number of likely N-dealkylation sites (N-methyl/N-ethyl adjacent to an activating group) is 2. The van der Waals surface area contributed by atoms with Crippen molar-refractivity contribution < 1.29 is 0 Å². The molecule has 4 aromatic rings. The lowest BCUT2D eigenvalue weighted by Gasteiger charge is -2.25. The number of rotatable bonds is 1. The number of nitrogens with zero attached hydrogens (tertiary/aromatic N) is 7. The molecule has 9 nitrogen and oxygen atoms in total. The van der Waals surface area contributed by atoms with Crippen molar-refractivity contribution >= 4 is 90.1 Å². The molecule has 4 aliphatic rings. The topological polar surface area (TPSA) is 113 Å². The van der Waals surface area contributed by atoms with E-state index in [4.69, 9.17) is 46.3 Å². The molecule has 3 aliphatic heterocycles. The number of hydrogen-bond donors (Lipinski definition) is 2. The molecule has 2 aromatic heterocycles. The number of likely N-dealkylation sites (tertiary alicyclic amines) is 2. The first-order chi connectivity index (χ1) is 22.4. The average molecular weight is 825 g/mol. The van der Waals surface area contributed by atoms with Gasteiger partial charge in [0.1, 0.15) is 5.02 Å². The lowest BCUT2D eigenvalue weighted by molar-refractivity contribution is 0.366. The van der Waals surface area contributed by atoms with Gasteiger partial charge in [-0.1, -0.05) is 78.8 Å². The van der Waals surface area contributed by atoms with Crippen molar-refractivity contribution in [3.05, 3.63) is 89.6 Å². The molecule has 2 fully saturated rings. The highest BCUT2D eigenvalue weighted by Gasteiger charge is 2.47. The first kappa shape index (κ1) is 34.6. The Bertz CT molecular complexity index is 1800. The predicted molar refractivity (Wildman–Crippen MR) is 199 cm³/mol. The van der Waals surface area contributed by atoms with Gasteiger partial charge in [0.25, 0.3) is 0 Å². The molecule has 1 aliphatic carbocycles. The first-order valence-electron chi connectivity index (χ1n) is 15.3. The van der Waals surface area contributed by atoms with Crippen LogP contribution in [0.25, 0.3) is 0 Å². The molecule has 2 unspecified atom stereocenters. The molecule has 0 radical (unpaired) electrons. The molecule has 14 heteroatoms. The summed E-state index contributed by atoms with van der Waals surface area (Å²) in [4.78, 5) is 22.6. The molecule has 0 bridgehead atoms. The molecule has 47 heavy (non-hydrogen) atoms. The van der Waals surface area contributed by atoms with E-state index in [9.17, 15) is 0 Å². The van der Waals surface area contributed by atoms with Crippen LogP contribution in [0.4, 0.5) is 23.4 Å². The molecule has 2 aromatic carbocycles. The molecule has 0 amide bonds. The summed E-state index contributed by atoms with van der Waals surface area (Å²) in [5.74, 6) is 1.06. The highest BCUT2D eigenvalue weighted by Crippen LogP contribution is 2.50. The van der Waals surface area contributed by atoms with Crippen LogP contribution in [0.15, 0.2) is 57.7 Å². The zero-order valence-electron chi connectivity index (χ0n) is 26.2. The fourth-order valence-corrected chi connectivity index (χ4v) is 8.66. The summed E-state index contributed by atoms with van der Waals surface area (Å²) in [6.45, 7) is 5.51. The summed E-state index contributed by atoms with van der Waals surface area (Å²) in [6, 6.07) is 13.3. The Balaban J connectivity index is 0.000000138. The smallest absolute Gasteiger partial charge is 0.222 e. The van der Waals surface area contributed by atoms with Crippen LogP contribution in [0, 0.1) is 0 Å². The minimum absolute atomic E-state index is 0.119. The van der Waals surface area contributed by atoms with Gasteiger partial charge in [-0.15, -0.1) is 0 Å². The lowest BCUT2D eigenvalue weighted by atomic mass is 9.81. The number of benzene rings is 2. The number of halogens is 5. The molecule has 248 valence electrons. The first-order valence-corrected chi connectivity index (χ1v) is 18.1. The fourth-order valence-electron chi connectivity index (χ4n) is 7.49.